The van der Waals surface area contributed by atoms with Crippen LogP contribution in [-0.2, 0) is 0 Å². The third-order valence-corrected chi connectivity index (χ3v) is 4.43. The minimum absolute atomic E-state index is 0.0985. The fraction of sp³-hybridized carbons (Fsp3) is 0.474. The van der Waals surface area contributed by atoms with Crippen molar-refractivity contribution in [2.24, 2.45) is 11.7 Å². The quantitative estimate of drug-likeness (QED) is 0.833. The smallest absolute Gasteiger partial charge is 0.0430 e. The summed E-state index contributed by atoms with van der Waals surface area (Å²) in [7, 11) is 0. The average Bonchev–Trinajstić information content (AvgIpc) is 3.31. The molecule has 2 aromatic carbocycles. The molecule has 0 spiro atoms. The van der Waals surface area contributed by atoms with Gasteiger partial charge in [0.1, 0.15) is 0 Å². The minimum atomic E-state index is 0.0985. The Morgan fingerprint density at radius 3 is 2.67 bits per heavy atom. The molecule has 21 heavy (non-hydrogen) atoms. The number of hydrogen-bond donors (Lipinski definition) is 1. The highest BCUT2D eigenvalue weighted by molar-refractivity contribution is 5.86. The van der Waals surface area contributed by atoms with Crippen LogP contribution in [0.25, 0.3) is 10.8 Å². The van der Waals surface area contributed by atoms with Gasteiger partial charge in [-0.2, -0.15) is 0 Å². The summed E-state index contributed by atoms with van der Waals surface area (Å²) in [5.41, 5.74) is 7.83. The Morgan fingerprint density at radius 2 is 1.90 bits per heavy atom. The van der Waals surface area contributed by atoms with Gasteiger partial charge in [0.2, 0.25) is 0 Å². The van der Waals surface area contributed by atoms with Crippen molar-refractivity contribution in [2.75, 3.05) is 19.6 Å². The molecule has 1 saturated carbocycles. The van der Waals surface area contributed by atoms with Gasteiger partial charge in [0, 0.05) is 19.1 Å². The maximum absolute atomic E-state index is 6.55. The summed E-state index contributed by atoms with van der Waals surface area (Å²) in [4.78, 5) is 2.56. The van der Waals surface area contributed by atoms with Crippen LogP contribution in [0.1, 0.15) is 37.8 Å². The normalized spacial score (nSPS) is 16.5. The summed E-state index contributed by atoms with van der Waals surface area (Å²) in [6.07, 6.45) is 4.02. The summed E-state index contributed by atoms with van der Waals surface area (Å²) in [6, 6.07) is 15.1. The molecule has 0 aliphatic heterocycles. The fourth-order valence-electron chi connectivity index (χ4n) is 3.19. The largest absolute Gasteiger partial charge is 0.323 e. The Kier molecular flexibility index (Phi) is 4.57. The molecule has 112 valence electrons. The van der Waals surface area contributed by atoms with Crippen LogP contribution in [0.5, 0.6) is 0 Å². The van der Waals surface area contributed by atoms with Crippen LogP contribution in [0.3, 0.4) is 0 Å². The van der Waals surface area contributed by atoms with Crippen LogP contribution in [0, 0.1) is 5.92 Å². The van der Waals surface area contributed by atoms with Crippen LogP contribution in [0.2, 0.25) is 0 Å². The van der Waals surface area contributed by atoms with Crippen LogP contribution in [0.15, 0.2) is 42.5 Å². The van der Waals surface area contributed by atoms with Gasteiger partial charge in [-0.3, -0.25) is 0 Å². The van der Waals surface area contributed by atoms with E-state index in [1.165, 1.54) is 42.1 Å². The SMILES string of the molecule is CCCN(CC1CC1)CC(N)c1cccc2ccccc12. The first-order valence-corrected chi connectivity index (χ1v) is 8.23. The van der Waals surface area contributed by atoms with Crippen LogP contribution in [-0.4, -0.2) is 24.5 Å². The second-order valence-electron chi connectivity index (χ2n) is 6.38. The lowest BCUT2D eigenvalue weighted by atomic mass is 9.99. The van der Waals surface area contributed by atoms with Crippen molar-refractivity contribution in [3.05, 3.63) is 48.0 Å². The number of rotatable bonds is 7. The van der Waals surface area contributed by atoms with Crippen molar-refractivity contribution >= 4 is 10.8 Å². The number of benzene rings is 2. The van der Waals surface area contributed by atoms with Gasteiger partial charge >= 0.3 is 0 Å². The molecule has 0 saturated heterocycles. The van der Waals surface area contributed by atoms with Crippen LogP contribution >= 0.6 is 0 Å². The lowest BCUT2D eigenvalue weighted by Crippen LogP contribution is -2.34. The summed E-state index contributed by atoms with van der Waals surface area (Å²) >= 11 is 0. The molecule has 1 aliphatic carbocycles. The summed E-state index contributed by atoms with van der Waals surface area (Å²) in [6.45, 7) is 5.61. The number of fused-ring (bicyclic) bond motifs is 1. The molecular weight excluding hydrogens is 256 g/mol. The molecule has 2 aromatic rings. The van der Waals surface area contributed by atoms with E-state index in [1.54, 1.807) is 0 Å². The highest BCUT2D eigenvalue weighted by atomic mass is 15.1. The lowest BCUT2D eigenvalue weighted by Gasteiger charge is -2.26. The zero-order valence-corrected chi connectivity index (χ0v) is 13.0. The van der Waals surface area contributed by atoms with Gasteiger partial charge in [0.25, 0.3) is 0 Å². The molecule has 0 heterocycles. The molecular formula is C19H26N2. The monoisotopic (exact) mass is 282 g/mol. The zero-order valence-electron chi connectivity index (χ0n) is 13.0. The zero-order chi connectivity index (χ0) is 14.7. The molecule has 0 radical (unpaired) electrons. The maximum atomic E-state index is 6.55. The third-order valence-electron chi connectivity index (χ3n) is 4.43. The molecule has 2 heteroatoms. The third kappa shape index (κ3) is 3.63. The highest BCUT2D eigenvalue weighted by Gasteiger charge is 2.25. The average molecular weight is 282 g/mol. The molecule has 1 aliphatic rings. The summed E-state index contributed by atoms with van der Waals surface area (Å²) < 4.78 is 0. The van der Waals surface area contributed by atoms with Crippen molar-refractivity contribution in [3.8, 4) is 0 Å². The highest BCUT2D eigenvalue weighted by Crippen LogP contribution is 2.30. The standard InChI is InChI=1S/C19H26N2/c1-2-12-21(13-15-10-11-15)14-19(20)18-9-5-7-16-6-3-4-8-17(16)18/h3-9,15,19H,2,10-14,20H2,1H3. The minimum Gasteiger partial charge on any atom is -0.323 e. The summed E-state index contributed by atoms with van der Waals surface area (Å²) in [5.74, 6) is 0.927. The Hall–Kier alpha value is -1.38. The number of hydrogen-bond acceptors (Lipinski definition) is 2. The van der Waals surface area contributed by atoms with E-state index in [9.17, 15) is 0 Å². The van der Waals surface area contributed by atoms with Gasteiger partial charge in [-0.25, -0.2) is 0 Å². The van der Waals surface area contributed by atoms with Gasteiger partial charge in [-0.15, -0.1) is 0 Å². The van der Waals surface area contributed by atoms with Crippen molar-refractivity contribution < 1.29 is 0 Å². The first-order chi connectivity index (χ1) is 10.3. The fourth-order valence-corrected chi connectivity index (χ4v) is 3.19. The van der Waals surface area contributed by atoms with Gasteiger partial charge in [0.15, 0.2) is 0 Å². The van der Waals surface area contributed by atoms with E-state index in [2.05, 4.69) is 54.3 Å². The number of nitrogens with zero attached hydrogens (tertiary/aromatic N) is 1. The second-order valence-corrected chi connectivity index (χ2v) is 6.38. The Bertz CT molecular complexity index is 584. The first kappa shape index (κ1) is 14.6. The Morgan fingerprint density at radius 1 is 1.14 bits per heavy atom. The van der Waals surface area contributed by atoms with Crippen molar-refractivity contribution in [3.63, 3.8) is 0 Å². The van der Waals surface area contributed by atoms with Crippen LogP contribution in [0.4, 0.5) is 0 Å². The molecule has 0 amide bonds. The van der Waals surface area contributed by atoms with Crippen molar-refractivity contribution in [1.82, 2.24) is 4.90 Å². The van der Waals surface area contributed by atoms with Gasteiger partial charge in [-0.1, -0.05) is 49.4 Å². The van der Waals surface area contributed by atoms with E-state index in [-0.39, 0.29) is 6.04 Å². The molecule has 3 rings (SSSR count). The van der Waals surface area contributed by atoms with Gasteiger partial charge < -0.3 is 10.6 Å². The predicted octanol–water partition coefficient (Wildman–Crippen LogP) is 3.96. The van der Waals surface area contributed by atoms with E-state index in [0.29, 0.717) is 0 Å². The lowest BCUT2D eigenvalue weighted by molar-refractivity contribution is 0.248. The molecule has 1 unspecified atom stereocenters. The summed E-state index contributed by atoms with van der Waals surface area (Å²) in [5, 5.41) is 2.59. The van der Waals surface area contributed by atoms with Crippen LogP contribution < -0.4 is 5.73 Å². The molecule has 2 N–H and O–H groups in total. The Labute approximate surface area is 127 Å². The first-order valence-electron chi connectivity index (χ1n) is 8.23. The van der Waals surface area contributed by atoms with Gasteiger partial charge in [-0.05, 0) is 48.1 Å². The Balaban J connectivity index is 1.77. The van der Waals surface area contributed by atoms with E-state index in [4.69, 9.17) is 5.73 Å². The maximum Gasteiger partial charge on any atom is 0.0430 e. The molecule has 2 nitrogen and oxygen atoms in total. The van der Waals surface area contributed by atoms with Crippen molar-refractivity contribution in [2.45, 2.75) is 32.2 Å². The molecule has 1 atom stereocenters. The van der Waals surface area contributed by atoms with Crippen molar-refractivity contribution in [1.29, 1.82) is 0 Å². The molecule has 0 bridgehead atoms. The van der Waals surface area contributed by atoms with E-state index >= 15 is 0 Å². The topological polar surface area (TPSA) is 29.3 Å². The van der Waals surface area contributed by atoms with E-state index in [0.717, 1.165) is 19.0 Å². The van der Waals surface area contributed by atoms with E-state index < -0.39 is 0 Å². The second kappa shape index (κ2) is 6.59. The molecule has 0 aromatic heterocycles. The van der Waals surface area contributed by atoms with Gasteiger partial charge in [0.05, 0.1) is 0 Å². The predicted molar refractivity (Wildman–Crippen MR) is 90.3 cm³/mol. The molecule has 1 fully saturated rings. The van der Waals surface area contributed by atoms with E-state index in [1.807, 2.05) is 0 Å². The number of nitrogens with two attached hydrogens (primary N) is 1.